The van der Waals surface area contributed by atoms with E-state index in [0.717, 1.165) is 12.8 Å². The third-order valence-corrected chi connectivity index (χ3v) is 6.19. The third-order valence-electron chi connectivity index (χ3n) is 4.30. The van der Waals surface area contributed by atoms with Gasteiger partial charge < -0.3 is 5.32 Å². The molecule has 1 unspecified atom stereocenters. The highest BCUT2D eigenvalue weighted by atomic mass is 32.2. The van der Waals surface area contributed by atoms with Crippen molar-refractivity contribution in [2.24, 2.45) is 0 Å². The molecular weight excluding hydrogens is 318 g/mol. The molecule has 0 spiro atoms. The Morgan fingerprint density at radius 2 is 1.91 bits per heavy atom. The third kappa shape index (κ3) is 2.61. The molecule has 0 bridgehead atoms. The number of carbonyl (C=O) groups is 2. The molecular formula is C15H19N3O4S. The van der Waals surface area contributed by atoms with Gasteiger partial charge in [0.1, 0.15) is 6.04 Å². The molecule has 1 aromatic carbocycles. The first-order valence-corrected chi connectivity index (χ1v) is 9.01. The van der Waals surface area contributed by atoms with Gasteiger partial charge in [-0.15, -0.1) is 0 Å². The molecule has 1 saturated heterocycles. The maximum atomic E-state index is 12.7. The van der Waals surface area contributed by atoms with Crippen LogP contribution in [0.2, 0.25) is 0 Å². The fraction of sp³-hybridized carbons (Fsp3) is 0.467. The Hall–Kier alpha value is -1.93. The van der Waals surface area contributed by atoms with Gasteiger partial charge in [-0.25, -0.2) is 8.42 Å². The summed E-state index contributed by atoms with van der Waals surface area (Å²) >= 11 is 0. The van der Waals surface area contributed by atoms with Crippen molar-refractivity contribution in [1.82, 2.24) is 4.31 Å². The SMILES string of the molecule is CC(=O)N1c2cc(S(=O)(=O)N3CCCC3)ccc2NC(=O)C1C. The Bertz CT molecular complexity index is 769. The first-order valence-electron chi connectivity index (χ1n) is 7.57. The van der Waals surface area contributed by atoms with Crippen molar-refractivity contribution in [2.45, 2.75) is 37.6 Å². The molecule has 2 aliphatic rings. The molecule has 7 nitrogen and oxygen atoms in total. The molecule has 1 atom stereocenters. The maximum absolute atomic E-state index is 12.7. The van der Waals surface area contributed by atoms with Crippen LogP contribution in [-0.4, -0.2) is 43.7 Å². The van der Waals surface area contributed by atoms with Gasteiger partial charge in [-0.1, -0.05) is 0 Å². The molecule has 8 heteroatoms. The van der Waals surface area contributed by atoms with Crippen molar-refractivity contribution in [3.63, 3.8) is 0 Å². The van der Waals surface area contributed by atoms with E-state index in [9.17, 15) is 18.0 Å². The molecule has 2 amide bonds. The zero-order chi connectivity index (χ0) is 16.8. The van der Waals surface area contributed by atoms with E-state index >= 15 is 0 Å². The second-order valence-electron chi connectivity index (χ2n) is 5.84. The molecule has 0 saturated carbocycles. The van der Waals surface area contributed by atoms with E-state index in [1.807, 2.05) is 0 Å². The number of sulfonamides is 1. The predicted octanol–water partition coefficient (Wildman–Crippen LogP) is 1.16. The van der Waals surface area contributed by atoms with Gasteiger partial charge in [0.15, 0.2) is 0 Å². The van der Waals surface area contributed by atoms with E-state index < -0.39 is 16.1 Å². The standard InChI is InChI=1S/C15H19N3O4S/c1-10-15(20)16-13-6-5-12(9-14(13)18(10)11(2)19)23(21,22)17-7-3-4-8-17/h5-6,9-10H,3-4,7-8H2,1-2H3,(H,16,20). The number of carbonyl (C=O) groups excluding carboxylic acids is 2. The minimum Gasteiger partial charge on any atom is -0.322 e. The normalized spacial score (nSPS) is 21.9. The van der Waals surface area contributed by atoms with Gasteiger partial charge in [-0.2, -0.15) is 4.31 Å². The predicted molar refractivity (Wildman–Crippen MR) is 85.7 cm³/mol. The molecule has 124 valence electrons. The number of hydrogen-bond acceptors (Lipinski definition) is 4. The largest absolute Gasteiger partial charge is 0.322 e. The van der Waals surface area contributed by atoms with Crippen molar-refractivity contribution in [3.05, 3.63) is 18.2 Å². The summed E-state index contributed by atoms with van der Waals surface area (Å²) in [6.07, 6.45) is 1.72. The number of amides is 2. The average Bonchev–Trinajstić information content (AvgIpc) is 3.02. The lowest BCUT2D eigenvalue weighted by Gasteiger charge is -2.34. The molecule has 1 fully saturated rings. The van der Waals surface area contributed by atoms with Crippen LogP contribution in [0.1, 0.15) is 26.7 Å². The molecule has 23 heavy (non-hydrogen) atoms. The minimum absolute atomic E-state index is 0.146. The van der Waals surface area contributed by atoms with Gasteiger partial charge in [-0.05, 0) is 38.0 Å². The molecule has 0 radical (unpaired) electrons. The molecule has 0 aliphatic carbocycles. The summed E-state index contributed by atoms with van der Waals surface area (Å²) < 4.78 is 26.8. The fourth-order valence-electron chi connectivity index (χ4n) is 3.06. The van der Waals surface area contributed by atoms with Crippen LogP contribution in [0.15, 0.2) is 23.1 Å². The highest BCUT2D eigenvalue weighted by molar-refractivity contribution is 7.89. The van der Waals surface area contributed by atoms with Crippen LogP contribution in [0, 0.1) is 0 Å². The summed E-state index contributed by atoms with van der Waals surface area (Å²) in [4.78, 5) is 25.3. The van der Waals surface area contributed by atoms with Crippen LogP contribution in [0.25, 0.3) is 0 Å². The number of rotatable bonds is 2. The van der Waals surface area contributed by atoms with E-state index in [1.54, 1.807) is 6.92 Å². The highest BCUT2D eigenvalue weighted by Gasteiger charge is 2.34. The van der Waals surface area contributed by atoms with Gasteiger partial charge in [0.2, 0.25) is 21.8 Å². The quantitative estimate of drug-likeness (QED) is 0.877. The van der Waals surface area contributed by atoms with E-state index in [1.165, 1.54) is 34.3 Å². The lowest BCUT2D eigenvalue weighted by Crippen LogP contribution is -2.48. The first kappa shape index (κ1) is 15.9. The van der Waals surface area contributed by atoms with Gasteiger partial charge in [0, 0.05) is 20.0 Å². The first-order chi connectivity index (χ1) is 10.8. The van der Waals surface area contributed by atoms with Gasteiger partial charge in [0.05, 0.1) is 16.3 Å². The molecule has 2 aliphatic heterocycles. The Labute approximate surface area is 135 Å². The van der Waals surface area contributed by atoms with E-state index in [4.69, 9.17) is 0 Å². The van der Waals surface area contributed by atoms with E-state index in [0.29, 0.717) is 24.5 Å². The van der Waals surface area contributed by atoms with Gasteiger partial charge in [-0.3, -0.25) is 14.5 Å². The summed E-state index contributed by atoms with van der Waals surface area (Å²) in [5.74, 6) is -0.591. The van der Waals surface area contributed by atoms with Crippen molar-refractivity contribution in [1.29, 1.82) is 0 Å². The average molecular weight is 337 g/mol. The number of nitrogens with zero attached hydrogens (tertiary/aromatic N) is 2. The summed E-state index contributed by atoms with van der Waals surface area (Å²) in [6.45, 7) is 4.01. The van der Waals surface area contributed by atoms with Gasteiger partial charge >= 0.3 is 0 Å². The number of hydrogen-bond donors (Lipinski definition) is 1. The lowest BCUT2D eigenvalue weighted by molar-refractivity contribution is -0.122. The smallest absolute Gasteiger partial charge is 0.247 e. The van der Waals surface area contributed by atoms with Crippen LogP contribution >= 0.6 is 0 Å². The van der Waals surface area contributed by atoms with Crippen LogP contribution in [-0.2, 0) is 19.6 Å². The summed E-state index contributed by atoms with van der Waals surface area (Å²) in [5, 5.41) is 2.70. The van der Waals surface area contributed by atoms with Crippen LogP contribution in [0.3, 0.4) is 0 Å². The van der Waals surface area contributed by atoms with Crippen molar-refractivity contribution in [2.75, 3.05) is 23.3 Å². The lowest BCUT2D eigenvalue weighted by atomic mass is 10.1. The highest BCUT2D eigenvalue weighted by Crippen LogP contribution is 2.35. The van der Waals surface area contributed by atoms with Crippen molar-refractivity contribution < 1.29 is 18.0 Å². The summed E-state index contributed by atoms with van der Waals surface area (Å²) in [7, 11) is -3.57. The second-order valence-corrected chi connectivity index (χ2v) is 7.78. The molecule has 2 heterocycles. The topological polar surface area (TPSA) is 86.8 Å². The minimum atomic E-state index is -3.57. The summed E-state index contributed by atoms with van der Waals surface area (Å²) in [5.41, 5.74) is 0.869. The zero-order valence-electron chi connectivity index (χ0n) is 13.1. The van der Waals surface area contributed by atoms with Crippen LogP contribution in [0.4, 0.5) is 11.4 Å². The number of nitrogens with one attached hydrogen (secondary N) is 1. The van der Waals surface area contributed by atoms with E-state index in [2.05, 4.69) is 5.32 Å². The Morgan fingerprint density at radius 3 is 2.52 bits per heavy atom. The van der Waals surface area contributed by atoms with Crippen LogP contribution < -0.4 is 10.2 Å². The Morgan fingerprint density at radius 1 is 1.26 bits per heavy atom. The Kier molecular flexibility index (Phi) is 3.89. The zero-order valence-corrected chi connectivity index (χ0v) is 13.9. The van der Waals surface area contributed by atoms with Crippen molar-refractivity contribution >= 4 is 33.2 Å². The molecule has 1 N–H and O–H groups in total. The fourth-order valence-corrected chi connectivity index (χ4v) is 4.60. The van der Waals surface area contributed by atoms with Crippen molar-refractivity contribution in [3.8, 4) is 0 Å². The maximum Gasteiger partial charge on any atom is 0.247 e. The van der Waals surface area contributed by atoms with Crippen LogP contribution in [0.5, 0.6) is 0 Å². The number of benzene rings is 1. The molecule has 1 aromatic rings. The molecule has 0 aromatic heterocycles. The molecule has 3 rings (SSSR count). The monoisotopic (exact) mass is 337 g/mol. The Balaban J connectivity index is 2.08. The number of anilines is 2. The second kappa shape index (κ2) is 5.61. The van der Waals surface area contributed by atoms with E-state index in [-0.39, 0.29) is 16.7 Å². The number of fused-ring (bicyclic) bond motifs is 1. The van der Waals surface area contributed by atoms with Gasteiger partial charge in [0.25, 0.3) is 0 Å². The summed E-state index contributed by atoms with van der Waals surface area (Å²) in [6, 6.07) is 3.81.